The molecule has 1 unspecified atom stereocenters. The van der Waals surface area contributed by atoms with Gasteiger partial charge in [-0.3, -0.25) is 0 Å². The molecule has 1 fully saturated rings. The van der Waals surface area contributed by atoms with Crippen molar-refractivity contribution in [2.75, 3.05) is 20.6 Å². The topological polar surface area (TPSA) is 15.3 Å². The standard InChI is InChI=1S/C16H26N2/c1-16(2,18(3)4)12-17-15(14-10-11-14)13-8-6-5-7-9-13/h5-9,14-15,17H,10-12H2,1-4H3. The van der Waals surface area contributed by atoms with Crippen LogP contribution >= 0.6 is 0 Å². The van der Waals surface area contributed by atoms with Gasteiger partial charge in [0.1, 0.15) is 0 Å². The van der Waals surface area contributed by atoms with Crippen molar-refractivity contribution in [2.45, 2.75) is 38.3 Å². The molecule has 1 N–H and O–H groups in total. The summed E-state index contributed by atoms with van der Waals surface area (Å²) < 4.78 is 0. The molecule has 0 heterocycles. The van der Waals surface area contributed by atoms with E-state index < -0.39 is 0 Å². The minimum Gasteiger partial charge on any atom is -0.308 e. The number of benzene rings is 1. The Bertz CT molecular complexity index is 366. The molecule has 0 aromatic heterocycles. The summed E-state index contributed by atoms with van der Waals surface area (Å²) in [7, 11) is 4.30. The summed E-state index contributed by atoms with van der Waals surface area (Å²) in [5, 5.41) is 3.78. The molecular weight excluding hydrogens is 220 g/mol. The van der Waals surface area contributed by atoms with Gasteiger partial charge in [0.2, 0.25) is 0 Å². The van der Waals surface area contributed by atoms with Crippen LogP contribution < -0.4 is 5.32 Å². The molecule has 100 valence electrons. The molecule has 1 saturated carbocycles. The average Bonchev–Trinajstić information content (AvgIpc) is 3.15. The van der Waals surface area contributed by atoms with E-state index in [9.17, 15) is 0 Å². The summed E-state index contributed by atoms with van der Waals surface area (Å²) in [6, 6.07) is 11.4. The molecule has 2 heteroatoms. The Kier molecular flexibility index (Phi) is 4.08. The highest BCUT2D eigenvalue weighted by atomic mass is 15.2. The van der Waals surface area contributed by atoms with Crippen LogP contribution in [0.4, 0.5) is 0 Å². The van der Waals surface area contributed by atoms with E-state index in [4.69, 9.17) is 0 Å². The first-order chi connectivity index (χ1) is 8.50. The zero-order valence-electron chi connectivity index (χ0n) is 12.1. The van der Waals surface area contributed by atoms with E-state index in [0.29, 0.717) is 6.04 Å². The Hall–Kier alpha value is -0.860. The van der Waals surface area contributed by atoms with Gasteiger partial charge in [0.05, 0.1) is 0 Å². The van der Waals surface area contributed by atoms with E-state index in [0.717, 1.165) is 12.5 Å². The lowest BCUT2D eigenvalue weighted by Gasteiger charge is -2.34. The maximum atomic E-state index is 3.78. The van der Waals surface area contributed by atoms with Crippen molar-refractivity contribution in [3.05, 3.63) is 35.9 Å². The van der Waals surface area contributed by atoms with Crippen molar-refractivity contribution in [3.8, 4) is 0 Å². The van der Waals surface area contributed by atoms with Crippen molar-refractivity contribution < 1.29 is 0 Å². The molecule has 1 atom stereocenters. The Morgan fingerprint density at radius 1 is 1.22 bits per heavy atom. The molecule has 18 heavy (non-hydrogen) atoms. The quantitative estimate of drug-likeness (QED) is 0.830. The molecule has 2 rings (SSSR count). The van der Waals surface area contributed by atoms with Crippen LogP contribution in [0, 0.1) is 5.92 Å². The molecule has 1 aromatic rings. The molecular formula is C16H26N2. The van der Waals surface area contributed by atoms with Gasteiger partial charge in [-0.05, 0) is 52.3 Å². The van der Waals surface area contributed by atoms with Crippen LogP contribution in [0.1, 0.15) is 38.3 Å². The van der Waals surface area contributed by atoms with Crippen LogP contribution in [0.15, 0.2) is 30.3 Å². The second-order valence-electron chi connectivity index (χ2n) is 6.31. The molecule has 0 radical (unpaired) electrons. The van der Waals surface area contributed by atoms with E-state index in [1.165, 1.54) is 18.4 Å². The number of nitrogens with one attached hydrogen (secondary N) is 1. The Morgan fingerprint density at radius 3 is 2.33 bits per heavy atom. The Labute approximate surface area is 111 Å². The molecule has 0 amide bonds. The van der Waals surface area contributed by atoms with Crippen molar-refractivity contribution >= 4 is 0 Å². The monoisotopic (exact) mass is 246 g/mol. The smallest absolute Gasteiger partial charge is 0.0349 e. The van der Waals surface area contributed by atoms with Gasteiger partial charge in [0.15, 0.2) is 0 Å². The predicted octanol–water partition coefficient (Wildman–Crippen LogP) is 3.07. The molecule has 1 aliphatic carbocycles. The largest absolute Gasteiger partial charge is 0.308 e. The van der Waals surface area contributed by atoms with Crippen LogP contribution in [-0.4, -0.2) is 31.1 Å². The summed E-state index contributed by atoms with van der Waals surface area (Å²) >= 11 is 0. The number of likely N-dealkylation sites (N-methyl/N-ethyl adjacent to an activating group) is 1. The third-order valence-corrected chi connectivity index (χ3v) is 4.22. The van der Waals surface area contributed by atoms with E-state index in [1.807, 2.05) is 0 Å². The Morgan fingerprint density at radius 2 is 1.83 bits per heavy atom. The van der Waals surface area contributed by atoms with Crippen LogP contribution in [0.3, 0.4) is 0 Å². The summed E-state index contributed by atoms with van der Waals surface area (Å²) in [5.41, 5.74) is 1.64. The van der Waals surface area contributed by atoms with Crippen LogP contribution in [0.2, 0.25) is 0 Å². The van der Waals surface area contributed by atoms with E-state index in [2.05, 4.69) is 68.5 Å². The fourth-order valence-electron chi connectivity index (χ4n) is 2.16. The van der Waals surface area contributed by atoms with Crippen molar-refractivity contribution in [1.29, 1.82) is 0 Å². The van der Waals surface area contributed by atoms with Crippen molar-refractivity contribution in [3.63, 3.8) is 0 Å². The molecule has 2 nitrogen and oxygen atoms in total. The van der Waals surface area contributed by atoms with Gasteiger partial charge in [0.25, 0.3) is 0 Å². The van der Waals surface area contributed by atoms with E-state index in [-0.39, 0.29) is 5.54 Å². The lowest BCUT2D eigenvalue weighted by atomic mass is 9.99. The molecule has 0 bridgehead atoms. The van der Waals surface area contributed by atoms with Gasteiger partial charge < -0.3 is 10.2 Å². The first-order valence-electron chi connectivity index (χ1n) is 6.96. The Balaban J connectivity index is 2.00. The van der Waals surface area contributed by atoms with E-state index in [1.54, 1.807) is 0 Å². The third kappa shape index (κ3) is 3.33. The first-order valence-corrected chi connectivity index (χ1v) is 6.96. The van der Waals surface area contributed by atoms with Gasteiger partial charge in [0, 0.05) is 18.1 Å². The highest BCUT2D eigenvalue weighted by Gasteiger charge is 2.33. The number of hydrogen-bond acceptors (Lipinski definition) is 2. The zero-order valence-corrected chi connectivity index (χ0v) is 12.1. The second-order valence-corrected chi connectivity index (χ2v) is 6.31. The highest BCUT2D eigenvalue weighted by Crippen LogP contribution is 2.41. The van der Waals surface area contributed by atoms with Gasteiger partial charge in [-0.15, -0.1) is 0 Å². The van der Waals surface area contributed by atoms with Gasteiger partial charge in [-0.25, -0.2) is 0 Å². The fourth-order valence-corrected chi connectivity index (χ4v) is 2.16. The summed E-state index contributed by atoms with van der Waals surface area (Å²) in [6.45, 7) is 5.60. The average molecular weight is 246 g/mol. The molecule has 0 aliphatic heterocycles. The van der Waals surface area contributed by atoms with Crippen molar-refractivity contribution in [2.24, 2.45) is 5.92 Å². The minimum absolute atomic E-state index is 0.196. The number of rotatable bonds is 6. The minimum atomic E-state index is 0.196. The molecule has 0 spiro atoms. The van der Waals surface area contributed by atoms with Crippen LogP contribution in [-0.2, 0) is 0 Å². The van der Waals surface area contributed by atoms with Crippen LogP contribution in [0.5, 0.6) is 0 Å². The lowest BCUT2D eigenvalue weighted by Crippen LogP contribution is -2.47. The first kappa shape index (κ1) is 13.6. The molecule has 0 saturated heterocycles. The van der Waals surface area contributed by atoms with Crippen molar-refractivity contribution in [1.82, 2.24) is 10.2 Å². The van der Waals surface area contributed by atoms with Gasteiger partial charge >= 0.3 is 0 Å². The maximum Gasteiger partial charge on any atom is 0.0349 e. The fraction of sp³-hybridized carbons (Fsp3) is 0.625. The normalized spacial score (nSPS) is 18.1. The van der Waals surface area contributed by atoms with E-state index >= 15 is 0 Å². The molecule has 1 aromatic carbocycles. The summed E-state index contributed by atoms with van der Waals surface area (Å²) in [6.07, 6.45) is 2.74. The lowest BCUT2D eigenvalue weighted by molar-refractivity contribution is 0.182. The number of hydrogen-bond donors (Lipinski definition) is 1. The third-order valence-electron chi connectivity index (χ3n) is 4.22. The highest BCUT2D eigenvalue weighted by molar-refractivity contribution is 5.21. The second kappa shape index (κ2) is 5.41. The maximum absolute atomic E-state index is 3.78. The van der Waals surface area contributed by atoms with Crippen LogP contribution in [0.25, 0.3) is 0 Å². The summed E-state index contributed by atoms with van der Waals surface area (Å²) in [4.78, 5) is 2.29. The zero-order chi connectivity index (χ0) is 13.2. The predicted molar refractivity (Wildman–Crippen MR) is 77.7 cm³/mol. The van der Waals surface area contributed by atoms with Gasteiger partial charge in [-0.2, -0.15) is 0 Å². The van der Waals surface area contributed by atoms with Gasteiger partial charge in [-0.1, -0.05) is 30.3 Å². The summed E-state index contributed by atoms with van der Waals surface area (Å²) in [5.74, 6) is 0.838. The molecule has 1 aliphatic rings. The SMILES string of the molecule is CN(C)C(C)(C)CNC(c1ccccc1)C1CC1. The number of nitrogens with zero attached hydrogens (tertiary/aromatic N) is 1.